The maximum Gasteiger partial charge on any atom is 0.410 e. The molecule has 1 atom stereocenters. The molecule has 0 bridgehead atoms. The number of nitrogens with zero attached hydrogens (tertiary/aromatic N) is 2. The molecule has 1 aromatic rings. The van der Waals surface area contributed by atoms with Gasteiger partial charge in [0.05, 0.1) is 11.5 Å². The molecule has 1 amide bonds. The average molecular weight is 340 g/mol. The summed E-state index contributed by atoms with van der Waals surface area (Å²) in [6.07, 6.45) is 3.50. The van der Waals surface area contributed by atoms with Gasteiger partial charge in [0, 0.05) is 25.5 Å². The first kappa shape index (κ1) is 17.7. The molecule has 6 nitrogen and oxygen atoms in total. The minimum absolute atomic E-state index is 0.0124. The summed E-state index contributed by atoms with van der Waals surface area (Å²) < 4.78 is 29.9. The molecule has 128 valence electrons. The molecule has 1 aromatic heterocycles. The highest BCUT2D eigenvalue weighted by Crippen LogP contribution is 2.22. The van der Waals surface area contributed by atoms with Gasteiger partial charge in [0.2, 0.25) is 0 Å². The van der Waals surface area contributed by atoms with Crippen LogP contribution in [-0.2, 0) is 20.3 Å². The Morgan fingerprint density at radius 2 is 2.00 bits per heavy atom. The van der Waals surface area contributed by atoms with Gasteiger partial charge in [-0.05, 0) is 50.8 Å². The van der Waals surface area contributed by atoms with E-state index in [1.54, 1.807) is 29.4 Å². The van der Waals surface area contributed by atoms with E-state index in [1.165, 1.54) is 0 Å². The van der Waals surface area contributed by atoms with E-state index < -0.39 is 15.4 Å². The maximum atomic E-state index is 12.3. The molecule has 1 fully saturated rings. The normalized spacial score (nSPS) is 18.9. The molecule has 0 aromatic carbocycles. The van der Waals surface area contributed by atoms with Crippen molar-refractivity contribution in [1.29, 1.82) is 0 Å². The fraction of sp³-hybridized carbons (Fsp3) is 0.625. The van der Waals surface area contributed by atoms with Gasteiger partial charge in [0.15, 0.2) is 9.84 Å². The number of rotatable bonds is 4. The van der Waals surface area contributed by atoms with Crippen molar-refractivity contribution in [2.45, 2.75) is 38.5 Å². The van der Waals surface area contributed by atoms with Crippen LogP contribution in [0.1, 0.15) is 32.8 Å². The lowest BCUT2D eigenvalue weighted by Crippen LogP contribution is -2.35. The third kappa shape index (κ3) is 5.82. The average Bonchev–Trinajstić information content (AvgIpc) is 2.85. The van der Waals surface area contributed by atoms with Crippen LogP contribution in [-0.4, -0.2) is 48.8 Å². The molecule has 0 aliphatic carbocycles. The quantitative estimate of drug-likeness (QED) is 0.840. The van der Waals surface area contributed by atoms with Crippen LogP contribution in [0.5, 0.6) is 0 Å². The van der Waals surface area contributed by atoms with Gasteiger partial charge >= 0.3 is 6.09 Å². The lowest BCUT2D eigenvalue weighted by molar-refractivity contribution is 0.0289. The molecule has 1 aliphatic rings. The molecular formula is C16H24N2O4S. The number of pyridine rings is 1. The highest BCUT2D eigenvalue weighted by atomic mass is 32.2. The third-order valence-corrected chi connectivity index (χ3v) is 5.32. The second-order valence-corrected chi connectivity index (χ2v) is 9.10. The van der Waals surface area contributed by atoms with E-state index in [0.717, 1.165) is 5.56 Å². The summed E-state index contributed by atoms with van der Waals surface area (Å²) in [5.74, 6) is 0.0712. The second-order valence-electron chi connectivity index (χ2n) is 6.99. The number of ether oxygens (including phenoxy) is 1. The SMILES string of the molecule is CC(C)(C)OC(=O)N1CC[C@H](CS(=O)(=O)Cc2ccncc2)C1. The lowest BCUT2D eigenvalue weighted by Gasteiger charge is -2.24. The highest BCUT2D eigenvalue weighted by Gasteiger charge is 2.32. The Bertz CT molecular complexity index is 638. The first-order chi connectivity index (χ1) is 10.6. The fourth-order valence-corrected chi connectivity index (χ4v) is 4.42. The van der Waals surface area contributed by atoms with Crippen LogP contribution in [0, 0.1) is 5.92 Å². The van der Waals surface area contributed by atoms with Crippen LogP contribution in [0.3, 0.4) is 0 Å². The summed E-state index contributed by atoms with van der Waals surface area (Å²) in [7, 11) is -3.21. The highest BCUT2D eigenvalue weighted by molar-refractivity contribution is 7.90. The van der Waals surface area contributed by atoms with Gasteiger partial charge in [-0.25, -0.2) is 13.2 Å². The van der Waals surface area contributed by atoms with Gasteiger partial charge in [-0.15, -0.1) is 0 Å². The number of carbonyl (C=O) groups is 1. The standard InChI is InChI=1S/C16H24N2O4S/c1-16(2,3)22-15(19)18-9-6-14(10-18)12-23(20,21)11-13-4-7-17-8-5-13/h4-5,7-8,14H,6,9-12H2,1-3H3/t14-/m0/s1. The molecule has 1 aliphatic heterocycles. The van der Waals surface area contributed by atoms with Crippen LogP contribution < -0.4 is 0 Å². The summed E-state index contributed by atoms with van der Waals surface area (Å²) in [5.41, 5.74) is 0.199. The van der Waals surface area contributed by atoms with Crippen molar-refractivity contribution in [3.8, 4) is 0 Å². The lowest BCUT2D eigenvalue weighted by atomic mass is 10.2. The van der Waals surface area contributed by atoms with Gasteiger partial charge in [-0.2, -0.15) is 0 Å². The van der Waals surface area contributed by atoms with Crippen LogP contribution in [0.15, 0.2) is 24.5 Å². The topological polar surface area (TPSA) is 76.6 Å². The molecule has 0 radical (unpaired) electrons. The van der Waals surface area contributed by atoms with E-state index in [-0.39, 0.29) is 23.5 Å². The molecule has 7 heteroatoms. The Kier molecular flexibility index (Phi) is 5.29. The third-order valence-electron chi connectivity index (χ3n) is 3.56. The first-order valence-corrected chi connectivity index (χ1v) is 9.54. The summed E-state index contributed by atoms with van der Waals surface area (Å²) in [6.45, 7) is 6.43. The zero-order chi connectivity index (χ0) is 17.1. The molecule has 23 heavy (non-hydrogen) atoms. The number of hydrogen-bond donors (Lipinski definition) is 0. The molecule has 2 rings (SSSR count). The number of likely N-dealkylation sites (tertiary alicyclic amines) is 1. The zero-order valence-corrected chi connectivity index (χ0v) is 14.7. The van der Waals surface area contributed by atoms with Crippen molar-refractivity contribution in [3.05, 3.63) is 30.1 Å². The number of sulfone groups is 1. The van der Waals surface area contributed by atoms with Crippen molar-refractivity contribution in [3.63, 3.8) is 0 Å². The van der Waals surface area contributed by atoms with Crippen LogP contribution in [0.4, 0.5) is 4.79 Å². The van der Waals surface area contributed by atoms with Crippen LogP contribution in [0.25, 0.3) is 0 Å². The molecule has 0 N–H and O–H groups in total. The van der Waals surface area contributed by atoms with Crippen molar-refractivity contribution >= 4 is 15.9 Å². The van der Waals surface area contributed by atoms with Crippen molar-refractivity contribution < 1.29 is 17.9 Å². The van der Waals surface area contributed by atoms with E-state index in [4.69, 9.17) is 4.74 Å². The van der Waals surface area contributed by atoms with Crippen LogP contribution in [0.2, 0.25) is 0 Å². The second kappa shape index (κ2) is 6.86. The smallest absolute Gasteiger partial charge is 0.410 e. The van der Waals surface area contributed by atoms with E-state index in [2.05, 4.69) is 4.98 Å². The molecule has 0 unspecified atom stereocenters. The summed E-state index contributed by atoms with van der Waals surface area (Å²) in [6, 6.07) is 3.42. The first-order valence-electron chi connectivity index (χ1n) is 7.72. The predicted molar refractivity (Wildman–Crippen MR) is 87.6 cm³/mol. The van der Waals surface area contributed by atoms with E-state index in [9.17, 15) is 13.2 Å². The number of hydrogen-bond acceptors (Lipinski definition) is 5. The molecule has 1 saturated heterocycles. The number of carbonyl (C=O) groups excluding carboxylic acids is 1. The van der Waals surface area contributed by atoms with E-state index in [1.807, 2.05) is 20.8 Å². The zero-order valence-electron chi connectivity index (χ0n) is 13.9. The predicted octanol–water partition coefficient (Wildman–Crippen LogP) is 2.25. The Labute approximate surface area is 137 Å². The van der Waals surface area contributed by atoms with Crippen LogP contribution >= 0.6 is 0 Å². The Morgan fingerprint density at radius 3 is 2.61 bits per heavy atom. The van der Waals surface area contributed by atoms with E-state index in [0.29, 0.717) is 19.5 Å². The van der Waals surface area contributed by atoms with E-state index >= 15 is 0 Å². The minimum Gasteiger partial charge on any atom is -0.444 e. The van der Waals surface area contributed by atoms with Gasteiger partial charge in [-0.3, -0.25) is 4.98 Å². The summed E-state index contributed by atoms with van der Waals surface area (Å²) >= 11 is 0. The Hall–Kier alpha value is -1.63. The van der Waals surface area contributed by atoms with Crippen molar-refractivity contribution in [2.75, 3.05) is 18.8 Å². The minimum atomic E-state index is -3.21. The molecule has 0 saturated carbocycles. The van der Waals surface area contributed by atoms with Crippen molar-refractivity contribution in [2.24, 2.45) is 5.92 Å². The monoisotopic (exact) mass is 340 g/mol. The molecular weight excluding hydrogens is 316 g/mol. The van der Waals surface area contributed by atoms with Crippen molar-refractivity contribution in [1.82, 2.24) is 9.88 Å². The number of amides is 1. The summed E-state index contributed by atoms with van der Waals surface area (Å²) in [5, 5.41) is 0. The van der Waals surface area contributed by atoms with Gasteiger partial charge < -0.3 is 9.64 Å². The maximum absolute atomic E-state index is 12.3. The Morgan fingerprint density at radius 1 is 1.35 bits per heavy atom. The Balaban J connectivity index is 1.88. The van der Waals surface area contributed by atoms with Gasteiger partial charge in [0.25, 0.3) is 0 Å². The largest absolute Gasteiger partial charge is 0.444 e. The molecule has 2 heterocycles. The number of aromatic nitrogens is 1. The van der Waals surface area contributed by atoms with Gasteiger partial charge in [0.1, 0.15) is 5.60 Å². The van der Waals surface area contributed by atoms with Gasteiger partial charge in [-0.1, -0.05) is 0 Å². The summed E-state index contributed by atoms with van der Waals surface area (Å²) in [4.78, 5) is 17.5. The fourth-order valence-electron chi connectivity index (χ4n) is 2.61. The molecule has 0 spiro atoms.